The summed E-state index contributed by atoms with van der Waals surface area (Å²) in [7, 11) is 0. The van der Waals surface area contributed by atoms with Crippen LogP contribution in [0.2, 0.25) is 0 Å². The van der Waals surface area contributed by atoms with Gasteiger partial charge in [-0.3, -0.25) is 9.36 Å². The van der Waals surface area contributed by atoms with Crippen LogP contribution in [0.5, 0.6) is 0 Å². The molecule has 1 amide bonds. The highest BCUT2D eigenvalue weighted by molar-refractivity contribution is 5.77. The maximum absolute atomic E-state index is 12.5. The Bertz CT molecular complexity index is 1460. The maximum Gasteiger partial charge on any atom is 0.220 e. The summed E-state index contributed by atoms with van der Waals surface area (Å²) in [6.07, 6.45) is 4.57. The van der Waals surface area contributed by atoms with Crippen LogP contribution in [0.15, 0.2) is 55.0 Å². The van der Waals surface area contributed by atoms with E-state index in [0.29, 0.717) is 19.4 Å². The number of imidazole rings is 1. The third-order valence-corrected chi connectivity index (χ3v) is 5.89. The Labute approximate surface area is 191 Å². The molecular formula is C25H25N7O. The molecule has 0 bridgehead atoms. The molecule has 0 atom stereocenters. The minimum absolute atomic E-state index is 0.00442. The average Bonchev–Trinajstić information content (AvgIpc) is 3.41. The number of rotatable bonds is 6. The Morgan fingerprint density at radius 1 is 1.06 bits per heavy atom. The smallest absolute Gasteiger partial charge is 0.220 e. The highest BCUT2D eigenvalue weighted by Gasteiger charge is 2.13. The molecule has 0 saturated carbocycles. The number of carbonyl (C=O) groups excluding carboxylic acids is 1. The fourth-order valence-electron chi connectivity index (χ4n) is 4.14. The van der Waals surface area contributed by atoms with Crippen LogP contribution in [-0.2, 0) is 17.8 Å². The number of fused-ring (bicyclic) bond motifs is 2. The van der Waals surface area contributed by atoms with Gasteiger partial charge in [0.2, 0.25) is 5.91 Å². The number of aryl methyl sites for hydroxylation is 3. The second-order valence-electron chi connectivity index (χ2n) is 8.22. The molecule has 0 aliphatic rings. The Hall–Kier alpha value is -4.07. The molecule has 0 aliphatic carbocycles. The Balaban J connectivity index is 1.21. The van der Waals surface area contributed by atoms with E-state index in [2.05, 4.69) is 25.4 Å². The molecule has 1 N–H and O–H groups in total. The molecule has 0 aliphatic heterocycles. The molecule has 33 heavy (non-hydrogen) atoms. The standard InChI is InChI=1S/C25H25N7O/c1-16-12-24-29-17(2)20(18(3)32(24)30-16)9-11-25(33)27-14-19-8-10-23(26-13-19)31-15-28-21-6-4-5-7-22(21)31/h4-8,10,12-13,15H,9,11,14H2,1-3H3,(H,27,33). The van der Waals surface area contributed by atoms with Crippen LogP contribution in [0.25, 0.3) is 22.5 Å². The molecule has 1 aromatic carbocycles. The molecule has 8 heteroatoms. The number of aromatic nitrogens is 6. The largest absolute Gasteiger partial charge is 0.352 e. The van der Waals surface area contributed by atoms with Gasteiger partial charge in [-0.05, 0) is 56.5 Å². The topological polar surface area (TPSA) is 90.0 Å². The molecule has 0 unspecified atom stereocenters. The average molecular weight is 440 g/mol. The molecule has 0 radical (unpaired) electrons. The van der Waals surface area contributed by atoms with Gasteiger partial charge < -0.3 is 5.32 Å². The van der Waals surface area contributed by atoms with Gasteiger partial charge >= 0.3 is 0 Å². The normalized spacial score (nSPS) is 11.4. The number of para-hydroxylation sites is 2. The number of hydrogen-bond acceptors (Lipinski definition) is 5. The van der Waals surface area contributed by atoms with Crippen molar-refractivity contribution in [3.63, 3.8) is 0 Å². The van der Waals surface area contributed by atoms with Crippen LogP contribution in [0, 0.1) is 20.8 Å². The fraction of sp³-hybridized carbons (Fsp3) is 0.240. The summed E-state index contributed by atoms with van der Waals surface area (Å²) in [6.45, 7) is 6.40. The zero-order valence-corrected chi connectivity index (χ0v) is 18.9. The number of amides is 1. The highest BCUT2D eigenvalue weighted by atomic mass is 16.1. The predicted molar refractivity (Wildman–Crippen MR) is 126 cm³/mol. The van der Waals surface area contributed by atoms with Crippen molar-refractivity contribution in [3.05, 3.63) is 83.2 Å². The van der Waals surface area contributed by atoms with E-state index in [4.69, 9.17) is 0 Å². The fourth-order valence-corrected chi connectivity index (χ4v) is 4.14. The molecule has 0 fully saturated rings. The van der Waals surface area contributed by atoms with Crippen LogP contribution >= 0.6 is 0 Å². The molecule has 4 aromatic heterocycles. The third kappa shape index (κ3) is 4.07. The lowest BCUT2D eigenvalue weighted by molar-refractivity contribution is -0.121. The summed E-state index contributed by atoms with van der Waals surface area (Å²) >= 11 is 0. The number of hydrogen-bond donors (Lipinski definition) is 1. The summed E-state index contributed by atoms with van der Waals surface area (Å²) in [6, 6.07) is 13.8. The molecular weight excluding hydrogens is 414 g/mol. The summed E-state index contributed by atoms with van der Waals surface area (Å²) in [5.74, 6) is 0.789. The molecule has 4 heterocycles. The molecule has 5 aromatic rings. The van der Waals surface area contributed by atoms with Crippen molar-refractivity contribution in [3.8, 4) is 5.82 Å². The SMILES string of the molecule is Cc1cc2nc(C)c(CCC(=O)NCc3ccc(-n4cnc5ccccc54)nc3)c(C)n2n1. The van der Waals surface area contributed by atoms with Crippen molar-refractivity contribution in [2.75, 3.05) is 0 Å². The molecule has 166 valence electrons. The van der Waals surface area contributed by atoms with Gasteiger partial charge in [-0.1, -0.05) is 18.2 Å². The van der Waals surface area contributed by atoms with Crippen molar-refractivity contribution < 1.29 is 4.79 Å². The lowest BCUT2D eigenvalue weighted by Crippen LogP contribution is -2.23. The highest BCUT2D eigenvalue weighted by Crippen LogP contribution is 2.18. The Kier molecular flexibility index (Phi) is 5.34. The van der Waals surface area contributed by atoms with Gasteiger partial charge in [0, 0.05) is 36.6 Å². The van der Waals surface area contributed by atoms with E-state index in [9.17, 15) is 4.79 Å². The quantitative estimate of drug-likeness (QED) is 0.436. The first-order chi connectivity index (χ1) is 16.0. The van der Waals surface area contributed by atoms with E-state index in [0.717, 1.165) is 50.7 Å². The van der Waals surface area contributed by atoms with E-state index in [1.165, 1.54) is 0 Å². The van der Waals surface area contributed by atoms with E-state index in [1.807, 2.05) is 72.3 Å². The Morgan fingerprint density at radius 2 is 1.91 bits per heavy atom. The van der Waals surface area contributed by atoms with Gasteiger partial charge in [0.25, 0.3) is 0 Å². The lowest BCUT2D eigenvalue weighted by atomic mass is 10.1. The maximum atomic E-state index is 12.5. The van der Waals surface area contributed by atoms with Crippen molar-refractivity contribution in [1.29, 1.82) is 0 Å². The molecule has 0 spiro atoms. The van der Waals surface area contributed by atoms with Gasteiger partial charge in [0.05, 0.1) is 16.7 Å². The first-order valence-electron chi connectivity index (χ1n) is 11.0. The first kappa shape index (κ1) is 20.8. The van der Waals surface area contributed by atoms with E-state index < -0.39 is 0 Å². The van der Waals surface area contributed by atoms with Crippen LogP contribution in [0.1, 0.15) is 34.6 Å². The van der Waals surface area contributed by atoms with Gasteiger partial charge in [-0.15, -0.1) is 0 Å². The summed E-state index contributed by atoms with van der Waals surface area (Å²) in [4.78, 5) is 26.1. The minimum Gasteiger partial charge on any atom is -0.352 e. The van der Waals surface area contributed by atoms with Crippen LogP contribution in [0.3, 0.4) is 0 Å². The number of nitrogens with one attached hydrogen (secondary N) is 1. The number of carbonyl (C=O) groups is 1. The van der Waals surface area contributed by atoms with E-state index in [-0.39, 0.29) is 5.91 Å². The van der Waals surface area contributed by atoms with E-state index >= 15 is 0 Å². The Morgan fingerprint density at radius 3 is 2.73 bits per heavy atom. The van der Waals surface area contributed by atoms with Crippen LogP contribution in [-0.4, -0.2) is 35.0 Å². The zero-order valence-electron chi connectivity index (χ0n) is 18.9. The number of nitrogens with zero attached hydrogens (tertiary/aromatic N) is 6. The van der Waals surface area contributed by atoms with Gasteiger partial charge in [-0.25, -0.2) is 19.5 Å². The summed E-state index contributed by atoms with van der Waals surface area (Å²) in [5.41, 5.74) is 7.70. The van der Waals surface area contributed by atoms with Crippen molar-refractivity contribution in [2.24, 2.45) is 0 Å². The number of pyridine rings is 1. The summed E-state index contributed by atoms with van der Waals surface area (Å²) in [5, 5.41) is 7.49. The van der Waals surface area contributed by atoms with Crippen molar-refractivity contribution >= 4 is 22.6 Å². The van der Waals surface area contributed by atoms with E-state index in [1.54, 1.807) is 12.5 Å². The molecule has 0 saturated heterocycles. The van der Waals surface area contributed by atoms with Crippen molar-refractivity contribution in [2.45, 2.75) is 40.2 Å². The van der Waals surface area contributed by atoms with Crippen LogP contribution < -0.4 is 5.32 Å². The minimum atomic E-state index is -0.00442. The number of benzene rings is 1. The third-order valence-electron chi connectivity index (χ3n) is 5.89. The second kappa shape index (κ2) is 8.46. The van der Waals surface area contributed by atoms with Crippen LogP contribution in [0.4, 0.5) is 0 Å². The van der Waals surface area contributed by atoms with Crippen molar-refractivity contribution in [1.82, 2.24) is 34.4 Å². The molecule has 5 rings (SSSR count). The predicted octanol–water partition coefficient (Wildman–Crippen LogP) is 3.64. The lowest BCUT2D eigenvalue weighted by Gasteiger charge is -2.11. The zero-order chi connectivity index (χ0) is 22.9. The van der Waals surface area contributed by atoms with Gasteiger partial charge in [-0.2, -0.15) is 5.10 Å². The molecule has 8 nitrogen and oxygen atoms in total. The van der Waals surface area contributed by atoms with Gasteiger partial charge in [0.15, 0.2) is 5.65 Å². The first-order valence-corrected chi connectivity index (χ1v) is 11.0. The second-order valence-corrected chi connectivity index (χ2v) is 8.22. The van der Waals surface area contributed by atoms with Gasteiger partial charge in [0.1, 0.15) is 12.1 Å². The monoisotopic (exact) mass is 439 g/mol. The summed E-state index contributed by atoms with van der Waals surface area (Å²) < 4.78 is 3.81.